The molecule has 2 aliphatic rings. The number of hydrogen-bond acceptors (Lipinski definition) is 1. The van der Waals surface area contributed by atoms with E-state index in [-0.39, 0.29) is 0 Å². The van der Waals surface area contributed by atoms with E-state index in [1.54, 1.807) is 0 Å². The fourth-order valence-corrected chi connectivity index (χ4v) is 1.80. The lowest BCUT2D eigenvalue weighted by atomic mass is 9.88. The number of aliphatic imine (C=N–C) groups is 1. The molecule has 0 unspecified atom stereocenters. The van der Waals surface area contributed by atoms with Crippen molar-refractivity contribution in [2.45, 2.75) is 54.4 Å². The Hall–Kier alpha value is -0.590. The highest BCUT2D eigenvalue weighted by molar-refractivity contribution is 5.82. The lowest BCUT2D eigenvalue weighted by Gasteiger charge is -2.16. The van der Waals surface area contributed by atoms with Gasteiger partial charge in [0.2, 0.25) is 0 Å². The summed E-state index contributed by atoms with van der Waals surface area (Å²) in [6.07, 6.45) is 7.10. The van der Waals surface area contributed by atoms with Gasteiger partial charge in [-0.05, 0) is 35.2 Å². The first-order valence-electron chi connectivity index (χ1n) is 6.42. The monoisotopic (exact) mass is 221 g/mol. The molecule has 1 heterocycles. The third-order valence-electron chi connectivity index (χ3n) is 3.32. The lowest BCUT2D eigenvalue weighted by molar-refractivity contribution is 0.351. The highest BCUT2D eigenvalue weighted by Gasteiger charge is 2.33. The van der Waals surface area contributed by atoms with E-state index < -0.39 is 0 Å². The molecule has 0 atom stereocenters. The number of allylic oxidation sites excluding steroid dienone is 1. The molecule has 1 saturated carbocycles. The highest BCUT2D eigenvalue weighted by atomic mass is 14.7. The van der Waals surface area contributed by atoms with Crippen molar-refractivity contribution in [3.05, 3.63) is 11.6 Å². The number of hydrogen-bond donors (Lipinski definition) is 0. The predicted molar refractivity (Wildman–Crippen MR) is 73.1 cm³/mol. The second kappa shape index (κ2) is 4.73. The Bertz CT molecular complexity index is 280. The summed E-state index contributed by atoms with van der Waals surface area (Å²) in [6, 6.07) is 0. The van der Waals surface area contributed by atoms with Gasteiger partial charge in [0.1, 0.15) is 0 Å². The summed E-state index contributed by atoms with van der Waals surface area (Å²) < 4.78 is 0. The van der Waals surface area contributed by atoms with E-state index in [0.717, 1.165) is 12.5 Å². The quantitative estimate of drug-likeness (QED) is 0.571. The molecule has 2 rings (SSSR count). The summed E-state index contributed by atoms with van der Waals surface area (Å²) in [5, 5.41) is 0. The van der Waals surface area contributed by atoms with Gasteiger partial charge in [0, 0.05) is 6.21 Å². The molecule has 1 nitrogen and oxygen atoms in total. The van der Waals surface area contributed by atoms with Gasteiger partial charge in [-0.1, -0.05) is 47.6 Å². The van der Waals surface area contributed by atoms with E-state index in [9.17, 15) is 0 Å². The van der Waals surface area contributed by atoms with Crippen LogP contribution in [0.15, 0.2) is 16.6 Å². The van der Waals surface area contributed by atoms with Crippen LogP contribution < -0.4 is 0 Å². The third kappa shape index (κ3) is 4.51. The van der Waals surface area contributed by atoms with Crippen molar-refractivity contribution in [1.29, 1.82) is 0 Å². The smallest absolute Gasteiger partial charge is 0.0576 e. The van der Waals surface area contributed by atoms with E-state index in [0.29, 0.717) is 10.8 Å². The van der Waals surface area contributed by atoms with Gasteiger partial charge >= 0.3 is 0 Å². The van der Waals surface area contributed by atoms with Crippen LogP contribution in [0.2, 0.25) is 0 Å². The first kappa shape index (κ1) is 13.5. The van der Waals surface area contributed by atoms with Crippen LogP contribution in [0.25, 0.3) is 0 Å². The SMILES string of the molecule is CC(C)(C)C1=CCN=C1.CC(C)(C)C1CC1. The molecule has 0 aromatic rings. The van der Waals surface area contributed by atoms with E-state index in [1.807, 2.05) is 6.21 Å². The predicted octanol–water partition coefficient (Wildman–Crippen LogP) is 4.49. The zero-order chi connectivity index (χ0) is 12.4. The standard InChI is InChI=1S/C8H13N.C7H14/c1-8(2,3)7-4-5-9-6-7;1-7(2,3)6-4-5-6/h4,6H,5H2,1-3H3;6H,4-5H2,1-3H3. The second-order valence-electron chi connectivity index (χ2n) is 7.04. The molecule has 0 saturated heterocycles. The van der Waals surface area contributed by atoms with Crippen LogP contribution in [-0.4, -0.2) is 12.8 Å². The zero-order valence-electron chi connectivity index (χ0n) is 11.8. The van der Waals surface area contributed by atoms with Crippen molar-refractivity contribution in [3.63, 3.8) is 0 Å². The largest absolute Gasteiger partial charge is 0.289 e. The van der Waals surface area contributed by atoms with Crippen LogP contribution in [0.4, 0.5) is 0 Å². The first-order valence-corrected chi connectivity index (χ1v) is 6.42. The van der Waals surface area contributed by atoms with Gasteiger partial charge in [-0.3, -0.25) is 4.99 Å². The summed E-state index contributed by atoms with van der Waals surface area (Å²) in [7, 11) is 0. The van der Waals surface area contributed by atoms with Gasteiger partial charge in [0.15, 0.2) is 0 Å². The molecule has 1 aliphatic heterocycles. The normalized spacial score (nSPS) is 20.2. The van der Waals surface area contributed by atoms with Gasteiger partial charge in [-0.15, -0.1) is 0 Å². The van der Waals surface area contributed by atoms with Crippen molar-refractivity contribution in [1.82, 2.24) is 0 Å². The van der Waals surface area contributed by atoms with E-state index >= 15 is 0 Å². The fourth-order valence-electron chi connectivity index (χ4n) is 1.80. The van der Waals surface area contributed by atoms with Gasteiger partial charge in [0.05, 0.1) is 6.54 Å². The minimum absolute atomic E-state index is 0.292. The highest BCUT2D eigenvalue weighted by Crippen LogP contribution is 2.44. The summed E-state index contributed by atoms with van der Waals surface area (Å²) >= 11 is 0. The van der Waals surface area contributed by atoms with Crippen LogP contribution in [0.3, 0.4) is 0 Å². The lowest BCUT2D eigenvalue weighted by Crippen LogP contribution is -2.08. The molecule has 0 aromatic carbocycles. The molecule has 1 fully saturated rings. The van der Waals surface area contributed by atoms with E-state index in [2.05, 4.69) is 52.6 Å². The molecule has 0 N–H and O–H groups in total. The summed E-state index contributed by atoms with van der Waals surface area (Å²) in [4.78, 5) is 4.11. The Morgan fingerprint density at radius 2 is 1.62 bits per heavy atom. The van der Waals surface area contributed by atoms with Crippen LogP contribution in [0, 0.1) is 16.7 Å². The Morgan fingerprint density at radius 3 is 1.75 bits per heavy atom. The molecule has 92 valence electrons. The van der Waals surface area contributed by atoms with E-state index in [1.165, 1.54) is 18.4 Å². The Labute approximate surface area is 101 Å². The maximum Gasteiger partial charge on any atom is 0.0576 e. The minimum atomic E-state index is 0.292. The maximum absolute atomic E-state index is 4.11. The van der Waals surface area contributed by atoms with Crippen LogP contribution in [0.5, 0.6) is 0 Å². The molecule has 0 bridgehead atoms. The van der Waals surface area contributed by atoms with Gasteiger partial charge in [0.25, 0.3) is 0 Å². The molecule has 16 heavy (non-hydrogen) atoms. The second-order valence-corrected chi connectivity index (χ2v) is 7.04. The first-order chi connectivity index (χ1) is 7.21. The molecule has 0 amide bonds. The molecule has 0 aromatic heterocycles. The molecule has 0 spiro atoms. The van der Waals surface area contributed by atoms with E-state index in [4.69, 9.17) is 0 Å². The third-order valence-corrected chi connectivity index (χ3v) is 3.32. The van der Waals surface area contributed by atoms with Gasteiger partial charge in [-0.2, -0.15) is 0 Å². The summed E-state index contributed by atoms with van der Waals surface area (Å²) in [5.74, 6) is 1.05. The fraction of sp³-hybridized carbons (Fsp3) is 0.800. The van der Waals surface area contributed by atoms with Crippen LogP contribution >= 0.6 is 0 Å². The molecule has 1 aliphatic carbocycles. The zero-order valence-corrected chi connectivity index (χ0v) is 11.8. The number of rotatable bonds is 0. The Kier molecular flexibility index (Phi) is 3.98. The van der Waals surface area contributed by atoms with Crippen molar-refractivity contribution in [2.24, 2.45) is 21.7 Å². The summed E-state index contributed by atoms with van der Waals surface area (Å²) in [5.41, 5.74) is 2.27. The average molecular weight is 221 g/mol. The minimum Gasteiger partial charge on any atom is -0.289 e. The van der Waals surface area contributed by atoms with Crippen molar-refractivity contribution < 1.29 is 0 Å². The maximum atomic E-state index is 4.11. The Morgan fingerprint density at radius 1 is 1.06 bits per heavy atom. The number of nitrogens with zero attached hydrogens (tertiary/aromatic N) is 1. The van der Waals surface area contributed by atoms with Crippen molar-refractivity contribution >= 4 is 6.21 Å². The van der Waals surface area contributed by atoms with Gasteiger partial charge in [-0.25, -0.2) is 0 Å². The molecule has 0 radical (unpaired) electrons. The topological polar surface area (TPSA) is 12.4 Å². The van der Waals surface area contributed by atoms with Crippen molar-refractivity contribution in [3.8, 4) is 0 Å². The van der Waals surface area contributed by atoms with Gasteiger partial charge < -0.3 is 0 Å². The molecular weight excluding hydrogens is 194 g/mol. The summed E-state index contributed by atoms with van der Waals surface area (Å²) in [6.45, 7) is 14.5. The Balaban J connectivity index is 0.000000165. The molecule has 1 heteroatoms. The molecular formula is C15H27N. The van der Waals surface area contributed by atoms with Crippen LogP contribution in [0.1, 0.15) is 54.4 Å². The average Bonchev–Trinajstić information content (AvgIpc) is 2.80. The van der Waals surface area contributed by atoms with Crippen molar-refractivity contribution in [2.75, 3.05) is 6.54 Å². The van der Waals surface area contributed by atoms with Crippen LogP contribution in [-0.2, 0) is 0 Å².